The summed E-state index contributed by atoms with van der Waals surface area (Å²) in [6.07, 6.45) is 1.94. The molecule has 0 aliphatic carbocycles. The topological polar surface area (TPSA) is 28.2 Å². The summed E-state index contributed by atoms with van der Waals surface area (Å²) in [4.78, 5) is 6.61. The number of nitrogens with one attached hydrogen (secondary N) is 1. The van der Waals surface area contributed by atoms with Gasteiger partial charge in [0.25, 0.3) is 0 Å². The Balaban J connectivity index is 2.10. The van der Waals surface area contributed by atoms with Crippen molar-refractivity contribution in [3.05, 3.63) is 18.3 Å². The second-order valence-corrected chi connectivity index (χ2v) is 3.77. The first-order valence-corrected chi connectivity index (χ1v) is 5.11. The van der Waals surface area contributed by atoms with Crippen LogP contribution in [0.15, 0.2) is 18.3 Å². The minimum atomic E-state index is 0.999. The Bertz CT molecular complexity index is 267. The normalized spacial score (nSPS) is 17.5. The van der Waals surface area contributed by atoms with Crippen molar-refractivity contribution in [2.75, 3.05) is 31.1 Å². The first-order chi connectivity index (χ1) is 6.36. The molecule has 13 heavy (non-hydrogen) atoms. The molecule has 1 saturated heterocycles. The molecule has 70 valence electrons. The highest BCUT2D eigenvalue weighted by atomic mass is 31.0. The molecule has 2 heterocycles. The minimum Gasteiger partial charge on any atom is -0.368 e. The number of piperazine rings is 1. The summed E-state index contributed by atoms with van der Waals surface area (Å²) in [7, 11) is 2.60. The van der Waals surface area contributed by atoms with Gasteiger partial charge in [0.1, 0.15) is 0 Å². The van der Waals surface area contributed by atoms with Gasteiger partial charge < -0.3 is 10.2 Å². The largest absolute Gasteiger partial charge is 0.368 e. The van der Waals surface area contributed by atoms with Gasteiger partial charge in [-0.2, -0.15) is 0 Å². The van der Waals surface area contributed by atoms with Gasteiger partial charge in [-0.05, 0) is 12.1 Å². The lowest BCUT2D eigenvalue weighted by Gasteiger charge is -2.29. The Morgan fingerprint density at radius 2 is 2.08 bits per heavy atom. The van der Waals surface area contributed by atoms with Crippen molar-refractivity contribution in [1.82, 2.24) is 10.3 Å². The van der Waals surface area contributed by atoms with Crippen LogP contribution < -0.4 is 15.7 Å². The average Bonchev–Trinajstić information content (AvgIpc) is 2.20. The predicted molar refractivity (Wildman–Crippen MR) is 58.7 cm³/mol. The molecule has 0 aromatic carbocycles. The van der Waals surface area contributed by atoms with Crippen molar-refractivity contribution >= 4 is 20.4 Å². The van der Waals surface area contributed by atoms with E-state index in [-0.39, 0.29) is 0 Å². The summed E-state index contributed by atoms with van der Waals surface area (Å²) in [5.41, 5.74) is 2.23. The Kier molecular flexibility index (Phi) is 2.77. The first-order valence-electron chi connectivity index (χ1n) is 4.53. The molecule has 0 saturated carbocycles. The van der Waals surface area contributed by atoms with Crippen LogP contribution in [0.5, 0.6) is 0 Å². The van der Waals surface area contributed by atoms with Crippen LogP contribution in [0.2, 0.25) is 0 Å². The van der Waals surface area contributed by atoms with Gasteiger partial charge in [0, 0.05) is 26.2 Å². The second-order valence-electron chi connectivity index (χ2n) is 3.18. The molecule has 1 unspecified atom stereocenters. The van der Waals surface area contributed by atoms with E-state index in [0.717, 1.165) is 31.6 Å². The van der Waals surface area contributed by atoms with Crippen LogP contribution in [0.3, 0.4) is 0 Å². The summed E-state index contributed by atoms with van der Waals surface area (Å²) >= 11 is 0. The first kappa shape index (κ1) is 8.92. The summed E-state index contributed by atoms with van der Waals surface area (Å²) < 4.78 is 0. The molecule has 2 rings (SSSR count). The van der Waals surface area contributed by atoms with Crippen molar-refractivity contribution in [3.8, 4) is 0 Å². The molecule has 3 nitrogen and oxygen atoms in total. The third-order valence-electron chi connectivity index (χ3n) is 2.25. The Hall–Kier alpha value is -0.660. The van der Waals surface area contributed by atoms with Gasteiger partial charge in [-0.1, -0.05) is 9.24 Å². The van der Waals surface area contributed by atoms with Crippen LogP contribution >= 0.6 is 9.24 Å². The second kappa shape index (κ2) is 4.03. The van der Waals surface area contributed by atoms with Gasteiger partial charge in [-0.3, -0.25) is 4.98 Å². The molecule has 0 spiro atoms. The number of nitrogens with zero attached hydrogens (tertiary/aromatic N) is 2. The van der Waals surface area contributed by atoms with Crippen LogP contribution in [0, 0.1) is 0 Å². The monoisotopic (exact) mass is 195 g/mol. The van der Waals surface area contributed by atoms with E-state index < -0.39 is 0 Å². The van der Waals surface area contributed by atoms with Crippen LogP contribution in [0.4, 0.5) is 5.69 Å². The van der Waals surface area contributed by atoms with Crippen molar-refractivity contribution < 1.29 is 0 Å². The zero-order valence-corrected chi connectivity index (χ0v) is 8.69. The minimum absolute atomic E-state index is 0.999. The zero-order chi connectivity index (χ0) is 9.10. The van der Waals surface area contributed by atoms with E-state index in [1.807, 2.05) is 12.3 Å². The van der Waals surface area contributed by atoms with Crippen LogP contribution in [0.25, 0.3) is 0 Å². The highest BCUT2D eigenvalue weighted by Gasteiger charge is 2.09. The molecular formula is C9H14N3P. The molecule has 1 N–H and O–H groups in total. The third kappa shape index (κ3) is 2.17. The number of hydrogen-bond acceptors (Lipinski definition) is 3. The molecule has 1 aromatic heterocycles. The molecule has 0 radical (unpaired) electrons. The lowest BCUT2D eigenvalue weighted by molar-refractivity contribution is 0.589. The van der Waals surface area contributed by atoms with Crippen molar-refractivity contribution in [3.63, 3.8) is 0 Å². The highest BCUT2D eigenvalue weighted by Crippen LogP contribution is 2.11. The van der Waals surface area contributed by atoms with Crippen LogP contribution in [0.1, 0.15) is 0 Å². The number of pyridine rings is 1. The van der Waals surface area contributed by atoms with E-state index in [1.54, 1.807) is 0 Å². The molecule has 1 aromatic rings. The van der Waals surface area contributed by atoms with E-state index in [9.17, 15) is 0 Å². The van der Waals surface area contributed by atoms with E-state index in [0.29, 0.717) is 0 Å². The maximum Gasteiger partial charge on any atom is 0.0570 e. The maximum absolute atomic E-state index is 4.26. The zero-order valence-electron chi connectivity index (χ0n) is 7.53. The SMILES string of the molecule is Pc1ccc(N2CCNCC2)cn1. The summed E-state index contributed by atoms with van der Waals surface area (Å²) in [5, 5.41) is 3.33. The molecule has 0 amide bonds. The third-order valence-corrected chi connectivity index (χ3v) is 2.59. The maximum atomic E-state index is 4.26. The number of anilines is 1. The summed E-state index contributed by atoms with van der Waals surface area (Å²) in [5.74, 6) is 0. The number of aromatic nitrogens is 1. The quantitative estimate of drug-likeness (QED) is 0.639. The molecule has 1 atom stereocenters. The molecule has 1 aliphatic rings. The van der Waals surface area contributed by atoms with Gasteiger partial charge >= 0.3 is 0 Å². The van der Waals surface area contributed by atoms with Gasteiger partial charge in [0.05, 0.1) is 17.3 Å². The standard InChI is InChI=1S/C9H14N3P/c13-9-2-1-8(7-11-9)12-5-3-10-4-6-12/h1-2,7,10H,3-6,13H2. The Morgan fingerprint density at radius 3 is 2.69 bits per heavy atom. The lowest BCUT2D eigenvalue weighted by atomic mass is 10.3. The highest BCUT2D eigenvalue weighted by molar-refractivity contribution is 7.26. The van der Waals surface area contributed by atoms with Gasteiger partial charge in [-0.25, -0.2) is 0 Å². The van der Waals surface area contributed by atoms with E-state index in [1.165, 1.54) is 5.69 Å². The molecule has 0 bridgehead atoms. The predicted octanol–water partition coefficient (Wildman–Crippen LogP) is -0.00840. The van der Waals surface area contributed by atoms with Gasteiger partial charge in [0.15, 0.2) is 0 Å². The Morgan fingerprint density at radius 1 is 1.31 bits per heavy atom. The summed E-state index contributed by atoms with van der Waals surface area (Å²) in [6.45, 7) is 4.31. The van der Waals surface area contributed by atoms with Crippen molar-refractivity contribution in [2.24, 2.45) is 0 Å². The fourth-order valence-electron chi connectivity index (χ4n) is 1.51. The fourth-order valence-corrected chi connectivity index (χ4v) is 1.68. The van der Waals surface area contributed by atoms with E-state index in [4.69, 9.17) is 0 Å². The average molecular weight is 195 g/mol. The molecule has 1 fully saturated rings. The van der Waals surface area contributed by atoms with Gasteiger partial charge in [0.2, 0.25) is 0 Å². The van der Waals surface area contributed by atoms with E-state index in [2.05, 4.69) is 30.5 Å². The van der Waals surface area contributed by atoms with Gasteiger partial charge in [-0.15, -0.1) is 0 Å². The molecule has 1 aliphatic heterocycles. The fraction of sp³-hybridized carbons (Fsp3) is 0.444. The smallest absolute Gasteiger partial charge is 0.0570 e. The number of rotatable bonds is 1. The summed E-state index contributed by atoms with van der Waals surface area (Å²) in [6, 6.07) is 4.16. The van der Waals surface area contributed by atoms with Crippen molar-refractivity contribution in [2.45, 2.75) is 0 Å². The lowest BCUT2D eigenvalue weighted by Crippen LogP contribution is -2.43. The van der Waals surface area contributed by atoms with E-state index >= 15 is 0 Å². The van der Waals surface area contributed by atoms with Crippen LogP contribution in [-0.2, 0) is 0 Å². The van der Waals surface area contributed by atoms with Crippen molar-refractivity contribution in [1.29, 1.82) is 0 Å². The number of hydrogen-bond donors (Lipinski definition) is 1. The Labute approximate surface area is 80.7 Å². The van der Waals surface area contributed by atoms with Crippen LogP contribution in [-0.4, -0.2) is 31.2 Å². The molecular weight excluding hydrogens is 181 g/mol. The molecule has 4 heteroatoms.